The van der Waals surface area contributed by atoms with Crippen LogP contribution in [0.25, 0.3) is 22.5 Å². The molecule has 0 saturated carbocycles. The molecule has 1 aromatic carbocycles. The van der Waals surface area contributed by atoms with Gasteiger partial charge in [0, 0.05) is 49.1 Å². The van der Waals surface area contributed by atoms with Crippen LogP contribution in [0.15, 0.2) is 48.8 Å². The number of likely N-dealkylation sites (N-methyl/N-ethyl adjacent to an activating group) is 1. The lowest BCUT2D eigenvalue weighted by molar-refractivity contribution is -0.153. The third-order valence-electron chi connectivity index (χ3n) is 5.59. The molecule has 3 heterocycles. The van der Waals surface area contributed by atoms with E-state index in [0.29, 0.717) is 47.6 Å². The minimum Gasteiger partial charge on any atom is -0.484 e. The summed E-state index contributed by atoms with van der Waals surface area (Å²) in [6.45, 7) is -0.203. The first-order valence-electron chi connectivity index (χ1n) is 11.0. The molecule has 0 unspecified atom stereocenters. The summed E-state index contributed by atoms with van der Waals surface area (Å²) in [7, 11) is 3.65. The molecule has 0 aliphatic carbocycles. The Balaban J connectivity index is 1.62. The molecule has 8 nitrogen and oxygen atoms in total. The van der Waals surface area contributed by atoms with E-state index in [2.05, 4.69) is 15.4 Å². The van der Waals surface area contributed by atoms with E-state index in [-0.39, 0.29) is 17.7 Å². The predicted molar refractivity (Wildman–Crippen MR) is 123 cm³/mol. The zero-order chi connectivity index (χ0) is 25.2. The maximum absolute atomic E-state index is 13.1. The molecule has 11 heteroatoms. The van der Waals surface area contributed by atoms with Crippen LogP contribution in [0.2, 0.25) is 0 Å². The van der Waals surface area contributed by atoms with Crippen molar-refractivity contribution in [3.8, 4) is 28.3 Å². The topological polar surface area (TPSA) is 92.5 Å². The highest BCUT2D eigenvalue weighted by Crippen LogP contribution is 2.27. The summed E-state index contributed by atoms with van der Waals surface area (Å²) >= 11 is 0. The van der Waals surface area contributed by atoms with Crippen LogP contribution >= 0.6 is 0 Å². The number of hydrogen-bond acceptors (Lipinski definition) is 6. The van der Waals surface area contributed by atoms with Crippen LogP contribution in [-0.4, -0.2) is 75.7 Å². The van der Waals surface area contributed by atoms with Crippen LogP contribution < -0.4 is 10.1 Å². The van der Waals surface area contributed by atoms with Crippen LogP contribution in [0.3, 0.4) is 0 Å². The third kappa shape index (κ3) is 6.58. The van der Waals surface area contributed by atoms with E-state index in [1.54, 1.807) is 48.4 Å². The first-order chi connectivity index (χ1) is 16.6. The quantitative estimate of drug-likeness (QED) is 0.553. The molecule has 0 bridgehead atoms. The van der Waals surface area contributed by atoms with Crippen molar-refractivity contribution in [2.24, 2.45) is 7.05 Å². The number of rotatable bonds is 6. The van der Waals surface area contributed by atoms with Gasteiger partial charge in [-0.15, -0.1) is 0 Å². The molecule has 35 heavy (non-hydrogen) atoms. The molecule has 0 spiro atoms. The number of carbonyl (C=O) groups is 1. The maximum atomic E-state index is 13.1. The Bertz CT molecular complexity index is 1170. The average Bonchev–Trinajstić information content (AvgIpc) is 3.23. The molecule has 2 aromatic heterocycles. The fourth-order valence-corrected chi connectivity index (χ4v) is 4.06. The number of aliphatic hydroxyl groups is 1. The number of carbonyl (C=O) groups excluding carboxylic acids is 1. The van der Waals surface area contributed by atoms with Gasteiger partial charge in [-0.25, -0.2) is 4.98 Å². The van der Waals surface area contributed by atoms with Gasteiger partial charge in [0.25, 0.3) is 5.91 Å². The summed E-state index contributed by atoms with van der Waals surface area (Å²) in [6.07, 6.45) is -1.08. The molecule has 1 amide bonds. The summed E-state index contributed by atoms with van der Waals surface area (Å²) < 4.78 is 43.7. The number of aromatic nitrogens is 3. The number of aryl methyl sites for hydroxylation is 1. The highest BCUT2D eigenvalue weighted by molar-refractivity contribution is 5.96. The van der Waals surface area contributed by atoms with Crippen molar-refractivity contribution < 1.29 is 27.8 Å². The zero-order valence-electron chi connectivity index (χ0n) is 19.3. The van der Waals surface area contributed by atoms with Gasteiger partial charge in [0.1, 0.15) is 5.75 Å². The van der Waals surface area contributed by atoms with Gasteiger partial charge in [-0.2, -0.15) is 18.3 Å². The van der Waals surface area contributed by atoms with Gasteiger partial charge in [-0.1, -0.05) is 0 Å². The average molecular weight is 489 g/mol. The molecule has 4 rings (SSSR count). The molecule has 1 aliphatic rings. The van der Waals surface area contributed by atoms with Crippen molar-refractivity contribution >= 4 is 5.91 Å². The van der Waals surface area contributed by atoms with E-state index >= 15 is 0 Å². The van der Waals surface area contributed by atoms with Gasteiger partial charge in [0.2, 0.25) is 0 Å². The summed E-state index contributed by atoms with van der Waals surface area (Å²) in [6, 6.07) is 9.13. The van der Waals surface area contributed by atoms with Crippen LogP contribution in [0.5, 0.6) is 5.75 Å². The molecular weight excluding hydrogens is 463 g/mol. The Kier molecular flexibility index (Phi) is 7.08. The van der Waals surface area contributed by atoms with E-state index < -0.39 is 18.9 Å². The third-order valence-corrected chi connectivity index (χ3v) is 5.59. The Morgan fingerprint density at radius 2 is 1.83 bits per heavy atom. The second-order valence-electron chi connectivity index (χ2n) is 8.74. The SMILES string of the molecule is CN1C[C@H](O)C[C@H](NC(=O)c2cc(-c3ccc(OCC(F)(F)F)cc3)nc(-c3cnn(C)c3)c2)C1. The molecule has 2 atom stereocenters. The largest absolute Gasteiger partial charge is 0.484 e. The number of hydrogen-bond donors (Lipinski definition) is 2. The highest BCUT2D eigenvalue weighted by atomic mass is 19.4. The summed E-state index contributed by atoms with van der Waals surface area (Å²) in [5.74, 6) is -0.233. The smallest absolute Gasteiger partial charge is 0.422 e. The van der Waals surface area contributed by atoms with Gasteiger partial charge >= 0.3 is 6.18 Å². The lowest BCUT2D eigenvalue weighted by Gasteiger charge is -2.33. The van der Waals surface area contributed by atoms with E-state index in [9.17, 15) is 23.1 Å². The van der Waals surface area contributed by atoms with Gasteiger partial charge in [0.05, 0.1) is 23.7 Å². The van der Waals surface area contributed by atoms with Crippen molar-refractivity contribution in [3.05, 3.63) is 54.4 Å². The fourth-order valence-electron chi connectivity index (χ4n) is 4.06. The Labute approximate surface area is 200 Å². The van der Waals surface area contributed by atoms with E-state index in [4.69, 9.17) is 4.74 Å². The normalized spacial score (nSPS) is 18.9. The molecule has 1 saturated heterocycles. The monoisotopic (exact) mass is 489 g/mol. The van der Waals surface area contributed by atoms with E-state index in [0.717, 1.165) is 0 Å². The molecule has 1 fully saturated rings. The number of alkyl halides is 3. The Morgan fingerprint density at radius 1 is 1.14 bits per heavy atom. The first kappa shape index (κ1) is 24.7. The predicted octanol–water partition coefficient (Wildman–Crippen LogP) is 2.89. The fraction of sp³-hybridized carbons (Fsp3) is 0.375. The van der Waals surface area contributed by atoms with Gasteiger partial charge in [-0.05, 0) is 49.9 Å². The maximum Gasteiger partial charge on any atom is 0.422 e. The second-order valence-corrected chi connectivity index (χ2v) is 8.74. The second kappa shape index (κ2) is 10.0. The molecular formula is C24H26F3N5O3. The minimum absolute atomic E-state index is 0.0763. The molecule has 186 valence electrons. The van der Waals surface area contributed by atoms with Gasteiger partial charge < -0.3 is 20.1 Å². The number of ether oxygens (including phenoxy) is 1. The van der Waals surface area contributed by atoms with Gasteiger partial charge in [0.15, 0.2) is 6.61 Å². The number of benzene rings is 1. The van der Waals surface area contributed by atoms with Crippen molar-refractivity contribution in [2.75, 3.05) is 26.7 Å². The van der Waals surface area contributed by atoms with Crippen molar-refractivity contribution in [1.29, 1.82) is 0 Å². The Hall–Kier alpha value is -3.44. The number of pyridine rings is 1. The van der Waals surface area contributed by atoms with Crippen molar-refractivity contribution in [1.82, 2.24) is 25.0 Å². The molecule has 0 radical (unpaired) electrons. The van der Waals surface area contributed by atoms with Crippen molar-refractivity contribution in [2.45, 2.75) is 24.7 Å². The number of amides is 1. The van der Waals surface area contributed by atoms with E-state index in [1.807, 2.05) is 11.9 Å². The number of nitrogens with zero attached hydrogens (tertiary/aromatic N) is 4. The summed E-state index contributed by atoms with van der Waals surface area (Å²) in [5, 5.41) is 17.2. The van der Waals surface area contributed by atoms with Gasteiger partial charge in [-0.3, -0.25) is 9.48 Å². The number of halogens is 3. The molecule has 2 N–H and O–H groups in total. The minimum atomic E-state index is -4.43. The van der Waals surface area contributed by atoms with Crippen LogP contribution in [0.1, 0.15) is 16.8 Å². The Morgan fingerprint density at radius 3 is 2.43 bits per heavy atom. The number of β-amino-alcohol motifs (C(OH)–C–C–N with tert-alkyl or cyclic N) is 1. The highest BCUT2D eigenvalue weighted by Gasteiger charge is 2.28. The summed E-state index contributed by atoms with van der Waals surface area (Å²) in [5.41, 5.74) is 2.69. The lowest BCUT2D eigenvalue weighted by atomic mass is 10.0. The van der Waals surface area contributed by atoms with Crippen LogP contribution in [0.4, 0.5) is 13.2 Å². The molecule has 3 aromatic rings. The number of nitrogens with one attached hydrogen (secondary N) is 1. The summed E-state index contributed by atoms with van der Waals surface area (Å²) in [4.78, 5) is 19.8. The van der Waals surface area contributed by atoms with Crippen LogP contribution in [0, 0.1) is 0 Å². The van der Waals surface area contributed by atoms with Crippen molar-refractivity contribution in [3.63, 3.8) is 0 Å². The number of piperidine rings is 1. The first-order valence-corrected chi connectivity index (χ1v) is 11.0. The zero-order valence-corrected chi connectivity index (χ0v) is 19.3. The molecule has 1 aliphatic heterocycles. The number of aliphatic hydroxyl groups excluding tert-OH is 1. The van der Waals surface area contributed by atoms with E-state index in [1.165, 1.54) is 12.1 Å². The van der Waals surface area contributed by atoms with Crippen LogP contribution in [-0.2, 0) is 7.05 Å². The standard InChI is InChI=1S/C24H26F3N5O3/c1-31-12-18(9-19(33)13-31)29-23(34)16-7-21(30-22(8-16)17-10-28-32(2)11-17)15-3-5-20(6-4-15)35-14-24(25,26)27/h3-8,10-11,18-19,33H,9,12-14H2,1-2H3,(H,29,34)/t18-,19+/m0/s1. The number of likely N-dealkylation sites (tertiary alicyclic amines) is 1. The lowest BCUT2D eigenvalue weighted by Crippen LogP contribution is -2.51.